The molecule has 0 spiro atoms. The van der Waals surface area contributed by atoms with Crippen molar-refractivity contribution in [3.8, 4) is 0 Å². The first-order valence-electron chi connectivity index (χ1n) is 11.8. The Balaban J connectivity index is 1.30. The van der Waals surface area contributed by atoms with Gasteiger partial charge in [-0.2, -0.15) is 0 Å². The van der Waals surface area contributed by atoms with Crippen LogP contribution in [-0.2, 0) is 27.3 Å². The topological polar surface area (TPSA) is 104 Å². The number of rotatable bonds is 7. The summed E-state index contributed by atoms with van der Waals surface area (Å²) in [6.07, 6.45) is 3.17. The van der Waals surface area contributed by atoms with Gasteiger partial charge >= 0.3 is 0 Å². The number of aromatic nitrogens is 2. The van der Waals surface area contributed by atoms with Crippen LogP contribution in [0.2, 0.25) is 0 Å². The van der Waals surface area contributed by atoms with Crippen molar-refractivity contribution in [2.45, 2.75) is 44.8 Å². The van der Waals surface area contributed by atoms with E-state index in [2.05, 4.69) is 15.3 Å². The number of carbonyl (C=O) groups is 2. The standard InChI is InChI=1S/C26H28N4O4/c31-24(12-11-18-14-17-6-1-3-9-21(17)28-25(18)32)30(15-19-7-5-13-34-19)16-23-27-22-10-4-2-8-20(22)26(33)29-23/h1-4,6,8-10,18-19H,5,7,11-16H2,(H,28,32)(H,27,29,33). The van der Waals surface area contributed by atoms with E-state index >= 15 is 0 Å². The summed E-state index contributed by atoms with van der Waals surface area (Å²) in [5.41, 5.74) is 2.32. The van der Waals surface area contributed by atoms with E-state index in [-0.39, 0.29) is 42.4 Å². The molecule has 5 rings (SSSR count). The van der Waals surface area contributed by atoms with Crippen LogP contribution in [0.15, 0.2) is 53.3 Å². The minimum atomic E-state index is -0.248. The molecule has 176 valence electrons. The predicted octanol–water partition coefficient (Wildman–Crippen LogP) is 3.02. The van der Waals surface area contributed by atoms with E-state index in [1.165, 1.54) is 0 Å². The zero-order chi connectivity index (χ0) is 23.5. The second kappa shape index (κ2) is 9.77. The monoisotopic (exact) mass is 460 g/mol. The van der Waals surface area contributed by atoms with Crippen LogP contribution in [0.4, 0.5) is 5.69 Å². The molecule has 1 aromatic heterocycles. The highest BCUT2D eigenvalue weighted by atomic mass is 16.5. The number of hydrogen-bond donors (Lipinski definition) is 2. The second-order valence-electron chi connectivity index (χ2n) is 9.03. The van der Waals surface area contributed by atoms with Crippen molar-refractivity contribution >= 4 is 28.4 Å². The van der Waals surface area contributed by atoms with Crippen molar-refractivity contribution in [2.24, 2.45) is 5.92 Å². The zero-order valence-electron chi connectivity index (χ0n) is 19.0. The molecule has 3 aromatic rings. The number of hydrogen-bond acceptors (Lipinski definition) is 5. The van der Waals surface area contributed by atoms with Gasteiger partial charge in [-0.3, -0.25) is 14.4 Å². The first-order valence-corrected chi connectivity index (χ1v) is 11.8. The molecule has 1 saturated heterocycles. The highest BCUT2D eigenvalue weighted by Crippen LogP contribution is 2.28. The molecule has 1 fully saturated rings. The summed E-state index contributed by atoms with van der Waals surface area (Å²) in [5.74, 6) is 0.0806. The van der Waals surface area contributed by atoms with Crippen LogP contribution in [0.25, 0.3) is 10.9 Å². The number of ether oxygens (including phenoxy) is 1. The number of carbonyl (C=O) groups excluding carboxylic acids is 2. The Labute approximate surface area is 197 Å². The Kier molecular flexibility index (Phi) is 6.40. The summed E-state index contributed by atoms with van der Waals surface area (Å²) in [6, 6.07) is 14.9. The van der Waals surface area contributed by atoms with Crippen LogP contribution >= 0.6 is 0 Å². The van der Waals surface area contributed by atoms with Gasteiger partial charge in [0.1, 0.15) is 5.82 Å². The SMILES string of the molecule is O=C1Nc2ccccc2CC1CCC(=O)N(Cc1nc2ccccc2c(=O)[nH]1)CC1CCCO1. The third-order valence-corrected chi connectivity index (χ3v) is 6.62. The maximum absolute atomic E-state index is 13.3. The molecule has 8 nitrogen and oxygen atoms in total. The number of para-hydroxylation sites is 2. The van der Waals surface area contributed by atoms with E-state index in [0.29, 0.717) is 42.7 Å². The van der Waals surface area contributed by atoms with Gasteiger partial charge in [-0.1, -0.05) is 30.3 Å². The molecule has 2 unspecified atom stereocenters. The summed E-state index contributed by atoms with van der Waals surface area (Å²) >= 11 is 0. The Bertz CT molecular complexity index is 1260. The summed E-state index contributed by atoms with van der Waals surface area (Å²) < 4.78 is 5.77. The summed E-state index contributed by atoms with van der Waals surface area (Å²) in [5, 5.41) is 3.47. The van der Waals surface area contributed by atoms with Gasteiger partial charge in [0.15, 0.2) is 0 Å². The van der Waals surface area contributed by atoms with E-state index in [0.717, 1.165) is 24.1 Å². The smallest absolute Gasteiger partial charge is 0.258 e. The van der Waals surface area contributed by atoms with Crippen LogP contribution < -0.4 is 10.9 Å². The number of benzene rings is 2. The Hall–Kier alpha value is -3.52. The second-order valence-corrected chi connectivity index (χ2v) is 9.03. The van der Waals surface area contributed by atoms with E-state index in [1.807, 2.05) is 30.3 Å². The largest absolute Gasteiger partial charge is 0.376 e. The third kappa shape index (κ3) is 4.87. The molecular weight excluding hydrogens is 432 g/mol. The molecule has 2 aliphatic heterocycles. The molecule has 0 saturated carbocycles. The van der Waals surface area contributed by atoms with Crippen molar-refractivity contribution < 1.29 is 14.3 Å². The van der Waals surface area contributed by atoms with Gasteiger partial charge < -0.3 is 19.9 Å². The minimum absolute atomic E-state index is 0.0269. The number of H-pyrrole nitrogens is 1. The molecule has 2 aliphatic rings. The van der Waals surface area contributed by atoms with Crippen molar-refractivity contribution in [2.75, 3.05) is 18.5 Å². The van der Waals surface area contributed by atoms with Crippen molar-refractivity contribution in [1.82, 2.24) is 14.9 Å². The lowest BCUT2D eigenvalue weighted by Gasteiger charge is -2.27. The van der Waals surface area contributed by atoms with Gasteiger partial charge in [-0.25, -0.2) is 4.98 Å². The molecule has 2 amide bonds. The van der Waals surface area contributed by atoms with Crippen molar-refractivity contribution in [1.29, 1.82) is 0 Å². The first kappa shape index (κ1) is 22.3. The first-order chi connectivity index (χ1) is 16.6. The summed E-state index contributed by atoms with van der Waals surface area (Å²) in [6.45, 7) is 1.33. The normalized spacial score (nSPS) is 19.6. The predicted molar refractivity (Wildman–Crippen MR) is 128 cm³/mol. The fourth-order valence-corrected chi connectivity index (χ4v) is 4.78. The van der Waals surface area contributed by atoms with Crippen LogP contribution in [-0.4, -0.2) is 45.9 Å². The minimum Gasteiger partial charge on any atom is -0.376 e. The van der Waals surface area contributed by atoms with E-state index < -0.39 is 0 Å². The molecule has 2 atom stereocenters. The number of anilines is 1. The van der Waals surface area contributed by atoms with Crippen molar-refractivity contribution in [3.05, 3.63) is 70.3 Å². The molecule has 2 N–H and O–H groups in total. The van der Waals surface area contributed by atoms with Crippen LogP contribution in [0, 0.1) is 5.92 Å². The van der Waals surface area contributed by atoms with Crippen LogP contribution in [0.5, 0.6) is 0 Å². The highest BCUT2D eigenvalue weighted by Gasteiger charge is 2.28. The molecule has 0 radical (unpaired) electrons. The Morgan fingerprint density at radius 3 is 2.79 bits per heavy atom. The fourth-order valence-electron chi connectivity index (χ4n) is 4.78. The third-order valence-electron chi connectivity index (χ3n) is 6.62. The lowest BCUT2D eigenvalue weighted by atomic mass is 9.89. The molecular formula is C26H28N4O4. The number of fused-ring (bicyclic) bond motifs is 2. The molecule has 2 aromatic carbocycles. The van der Waals surface area contributed by atoms with E-state index in [4.69, 9.17) is 4.74 Å². The average Bonchev–Trinajstić information content (AvgIpc) is 3.35. The maximum Gasteiger partial charge on any atom is 0.258 e. The zero-order valence-corrected chi connectivity index (χ0v) is 19.0. The van der Waals surface area contributed by atoms with E-state index in [1.54, 1.807) is 23.1 Å². The van der Waals surface area contributed by atoms with Crippen LogP contribution in [0.3, 0.4) is 0 Å². The van der Waals surface area contributed by atoms with Gasteiger partial charge in [-0.15, -0.1) is 0 Å². The molecule has 3 heterocycles. The number of aromatic amines is 1. The van der Waals surface area contributed by atoms with Crippen LogP contribution in [0.1, 0.15) is 37.1 Å². The van der Waals surface area contributed by atoms with Gasteiger partial charge in [0.05, 0.1) is 23.6 Å². The Morgan fingerprint density at radius 2 is 1.94 bits per heavy atom. The van der Waals surface area contributed by atoms with E-state index in [9.17, 15) is 14.4 Å². The van der Waals surface area contributed by atoms with Crippen molar-refractivity contribution in [3.63, 3.8) is 0 Å². The quantitative estimate of drug-likeness (QED) is 0.564. The molecule has 0 aliphatic carbocycles. The van der Waals surface area contributed by atoms with Gasteiger partial charge in [-0.05, 0) is 49.4 Å². The average molecular weight is 461 g/mol. The lowest BCUT2D eigenvalue weighted by Crippen LogP contribution is -2.38. The van der Waals surface area contributed by atoms with Gasteiger partial charge in [0, 0.05) is 31.2 Å². The molecule has 34 heavy (non-hydrogen) atoms. The van der Waals surface area contributed by atoms with Gasteiger partial charge in [0.25, 0.3) is 5.56 Å². The van der Waals surface area contributed by atoms with Gasteiger partial charge in [0.2, 0.25) is 11.8 Å². The lowest BCUT2D eigenvalue weighted by molar-refractivity contribution is -0.134. The molecule has 8 heteroatoms. The Morgan fingerprint density at radius 1 is 1.12 bits per heavy atom. The molecule has 0 bridgehead atoms. The maximum atomic E-state index is 13.3. The number of nitrogens with zero attached hydrogens (tertiary/aromatic N) is 2. The number of nitrogens with one attached hydrogen (secondary N) is 2. The fraction of sp³-hybridized carbons (Fsp3) is 0.385. The highest BCUT2D eigenvalue weighted by molar-refractivity contribution is 5.96. The summed E-state index contributed by atoms with van der Waals surface area (Å²) in [4.78, 5) is 47.4. The number of amides is 2. The summed E-state index contributed by atoms with van der Waals surface area (Å²) in [7, 11) is 0.